The van der Waals surface area contributed by atoms with Crippen molar-refractivity contribution in [2.24, 2.45) is 0 Å². The molecule has 0 aliphatic heterocycles. The molecule has 0 saturated carbocycles. The summed E-state index contributed by atoms with van der Waals surface area (Å²) in [5, 5.41) is 71.5. The fourth-order valence-corrected chi connectivity index (χ4v) is 0.270. The van der Waals surface area contributed by atoms with Gasteiger partial charge < -0.3 is 33.8 Å². The molecule has 0 fully saturated rings. The van der Waals surface area contributed by atoms with E-state index in [1.165, 1.54) is 0 Å². The number of nitroso groups, excluding NO2 is 1. The summed E-state index contributed by atoms with van der Waals surface area (Å²) >= 11 is 0. The van der Waals surface area contributed by atoms with Crippen LogP contribution in [-0.4, -0.2) is 44.6 Å². The van der Waals surface area contributed by atoms with Crippen LogP contribution in [0.15, 0.2) is 0 Å². The zero-order valence-electron chi connectivity index (χ0n) is 16.1. The van der Waals surface area contributed by atoms with E-state index in [2.05, 4.69) is 39.4 Å². The third kappa shape index (κ3) is 112. The van der Waals surface area contributed by atoms with Gasteiger partial charge in [-0.1, -0.05) is 0 Å². The topological polar surface area (TPSA) is 297 Å². The summed E-state index contributed by atoms with van der Waals surface area (Å²) in [7, 11) is 0. The number of hydrogen-bond acceptors (Lipinski definition) is 11. The summed E-state index contributed by atoms with van der Waals surface area (Å²) in [5.41, 5.74) is 5.75. The molecule has 0 aliphatic carbocycles. The van der Waals surface area contributed by atoms with Gasteiger partial charge in [0.15, 0.2) is 12.2 Å². The Kier molecular flexibility index (Phi) is 329. The summed E-state index contributed by atoms with van der Waals surface area (Å²) in [6.07, 6.45) is -4.53. The Morgan fingerprint density at radius 1 is 0.667 bits per heavy atom. The van der Waals surface area contributed by atoms with Crippen LogP contribution < -0.4 is 80.9 Å². The third-order valence-corrected chi connectivity index (χ3v) is 0.805. The Morgan fingerprint density at radius 2 is 0.741 bits per heavy atom. The average Bonchev–Trinajstić information content (AvgIpc) is 2.71. The Bertz CT molecular complexity index is 351. The fraction of sp³-hybridized carbons (Fsp3) is 0.200. The quantitative estimate of drug-likeness (QED) is 0.284. The molecule has 0 aromatic rings. The van der Waals surface area contributed by atoms with E-state index in [9.17, 15) is 9.59 Å². The molecule has 17 heteroatoms. The van der Waals surface area contributed by atoms with Gasteiger partial charge in [-0.3, -0.25) is 0 Å². The zero-order chi connectivity index (χ0) is 22.3. The van der Waals surface area contributed by atoms with E-state index in [-0.39, 0.29) is 101 Å². The van der Waals surface area contributed by atoms with Crippen molar-refractivity contribution < 1.29 is 131 Å². The predicted molar refractivity (Wildman–Crippen MR) is 76.3 cm³/mol. The van der Waals surface area contributed by atoms with Gasteiger partial charge in [0.1, 0.15) is 0 Å². The number of carbonyl (C=O) groups is 2. The van der Waals surface area contributed by atoms with Crippen molar-refractivity contribution in [3.8, 4) is 39.4 Å². The molecule has 0 amide bonds. The molecule has 0 aliphatic rings. The first kappa shape index (κ1) is 72.7. The monoisotopic (exact) mass is 462 g/mol. The van der Waals surface area contributed by atoms with E-state index in [1.807, 2.05) is 0 Å². The normalized spacial score (nSPS) is 6.44. The van der Waals surface area contributed by atoms with Gasteiger partial charge in [0.2, 0.25) is 0 Å². The SMILES string of the molecule is C#N.C#N.C#N.C#N.C#N.C#N.O=C(O)C(O)C(O)C(=O)O.[Fe].[H-].[H-].[K+].[N-]=O.[Na+]. The number of carboxylic acids is 2. The summed E-state index contributed by atoms with van der Waals surface area (Å²) in [4.78, 5) is 26.8. The molecular formula is C10H14FeKN7NaO7-. The number of carboxylic acid groups (broad SMARTS) is 2. The van der Waals surface area contributed by atoms with Gasteiger partial charge in [-0.2, -0.15) is 0 Å². The van der Waals surface area contributed by atoms with Crippen molar-refractivity contribution >= 4 is 11.9 Å². The summed E-state index contributed by atoms with van der Waals surface area (Å²) < 4.78 is 0. The van der Waals surface area contributed by atoms with E-state index < -0.39 is 24.1 Å². The van der Waals surface area contributed by atoms with E-state index in [0.717, 1.165) is 0 Å². The zero-order valence-corrected chi connectivity index (χ0v) is 20.3. The van der Waals surface area contributed by atoms with Gasteiger partial charge in [-0.15, -0.1) is 0 Å². The number of nitriles is 6. The maximum Gasteiger partial charge on any atom is 1.00 e. The molecule has 0 saturated heterocycles. The molecule has 14 nitrogen and oxygen atoms in total. The molecular weight excluding hydrogens is 448 g/mol. The van der Waals surface area contributed by atoms with Gasteiger partial charge in [0, 0.05) is 56.5 Å². The molecule has 0 rings (SSSR count). The number of aliphatic hydroxyl groups is 2. The first-order valence-corrected chi connectivity index (χ1v) is 4.01. The molecule has 0 bridgehead atoms. The standard InChI is InChI=1S/C4H6O6.6CHN.Fe.K.NO.Na.2H/c5-1(3(7)8)2(6)4(9)10;6*1-2;;;1-2;;;/h1-2,5-6H,(H,7,8)(H,9,10);6*1H;;;;;;/q;;;;;;;;+1;-1;+1;2*-1. The second kappa shape index (κ2) is 122. The van der Waals surface area contributed by atoms with Crippen LogP contribution in [0.4, 0.5) is 0 Å². The average molecular weight is 462 g/mol. The Balaban J connectivity index is -0.0000000107. The third-order valence-electron chi connectivity index (χ3n) is 0.805. The smallest absolute Gasteiger partial charge is 1.00 e. The van der Waals surface area contributed by atoms with Gasteiger partial charge >= 0.3 is 92.9 Å². The van der Waals surface area contributed by atoms with E-state index in [4.69, 9.17) is 62.5 Å². The minimum atomic E-state index is -2.27. The minimum absolute atomic E-state index is 0. The van der Waals surface area contributed by atoms with Crippen LogP contribution in [-0.2, 0) is 26.7 Å². The Labute approximate surface area is 233 Å². The largest absolute Gasteiger partial charge is 1.00 e. The molecule has 0 radical (unpaired) electrons. The first-order valence-electron chi connectivity index (χ1n) is 4.01. The van der Waals surface area contributed by atoms with E-state index in [0.29, 0.717) is 0 Å². The summed E-state index contributed by atoms with van der Waals surface area (Å²) in [5.74, 6) is -3.54. The van der Waals surface area contributed by atoms with E-state index >= 15 is 0 Å². The predicted octanol–water partition coefficient (Wildman–Crippen LogP) is -6.73. The number of aliphatic hydroxyl groups excluding tert-OH is 2. The second-order valence-electron chi connectivity index (χ2n) is 1.57. The first-order chi connectivity index (χ1) is 11.5. The molecule has 27 heavy (non-hydrogen) atoms. The Hall–Kier alpha value is -1.44. The number of aliphatic carboxylic acids is 2. The van der Waals surface area contributed by atoms with Gasteiger partial charge in [0.25, 0.3) is 0 Å². The van der Waals surface area contributed by atoms with Crippen molar-refractivity contribution in [1.82, 2.24) is 0 Å². The van der Waals surface area contributed by atoms with Gasteiger partial charge in [-0.25, -0.2) is 41.2 Å². The number of hydrogen-bond donors (Lipinski definition) is 4. The van der Waals surface area contributed by atoms with Crippen molar-refractivity contribution in [3.05, 3.63) is 10.5 Å². The van der Waals surface area contributed by atoms with Crippen molar-refractivity contribution in [2.45, 2.75) is 12.2 Å². The minimum Gasteiger partial charge on any atom is -1.00 e. The number of nitrogens with zero attached hydrogens (tertiary/aromatic N) is 7. The van der Waals surface area contributed by atoms with Crippen molar-refractivity contribution in [1.29, 1.82) is 31.6 Å². The molecule has 0 aromatic heterocycles. The van der Waals surface area contributed by atoms with Crippen LogP contribution in [0.2, 0.25) is 0 Å². The molecule has 2 atom stereocenters. The van der Waals surface area contributed by atoms with E-state index in [1.54, 1.807) is 0 Å². The molecule has 142 valence electrons. The van der Waals surface area contributed by atoms with Crippen LogP contribution in [0.1, 0.15) is 2.85 Å². The molecule has 0 heterocycles. The maximum atomic E-state index is 9.77. The number of rotatable bonds is 3. The van der Waals surface area contributed by atoms with Gasteiger partial charge in [0.05, 0.1) is 0 Å². The van der Waals surface area contributed by atoms with Crippen LogP contribution in [0, 0.1) is 75.9 Å². The molecule has 0 spiro atoms. The molecule has 2 unspecified atom stereocenters. The Morgan fingerprint density at radius 3 is 0.778 bits per heavy atom. The second-order valence-corrected chi connectivity index (χ2v) is 1.57. The van der Waals surface area contributed by atoms with Crippen LogP contribution in [0.25, 0.3) is 5.59 Å². The van der Waals surface area contributed by atoms with Crippen LogP contribution >= 0.6 is 0 Å². The summed E-state index contributed by atoms with van der Waals surface area (Å²) in [6.45, 7) is 21.0. The maximum absolute atomic E-state index is 9.77. The van der Waals surface area contributed by atoms with Crippen molar-refractivity contribution in [2.75, 3.05) is 0 Å². The van der Waals surface area contributed by atoms with Gasteiger partial charge in [-0.05, 0) is 0 Å². The molecule has 4 N–H and O–H groups in total. The fourth-order valence-electron chi connectivity index (χ4n) is 0.270. The van der Waals surface area contributed by atoms with Crippen molar-refractivity contribution in [3.63, 3.8) is 0 Å². The molecule has 0 aromatic carbocycles. The van der Waals surface area contributed by atoms with Crippen LogP contribution in [0.3, 0.4) is 0 Å². The summed E-state index contributed by atoms with van der Waals surface area (Å²) in [6, 6.07) is 0. The van der Waals surface area contributed by atoms with Crippen LogP contribution in [0.5, 0.6) is 0 Å².